The number of rotatable bonds is 12. The molecule has 1 heterocycles. The molecule has 2 aromatic carbocycles. The number of benzene rings is 2. The van der Waals surface area contributed by atoms with E-state index >= 15 is 0 Å². The smallest absolute Gasteiger partial charge is 0.323 e. The largest absolute Gasteiger partial charge is 0.481 e. The van der Waals surface area contributed by atoms with Gasteiger partial charge >= 0.3 is 12.0 Å². The summed E-state index contributed by atoms with van der Waals surface area (Å²) in [7, 11) is 3.13. The summed E-state index contributed by atoms with van der Waals surface area (Å²) < 4.78 is 30.4. The number of carboxylic acid groups (broad SMARTS) is 1. The van der Waals surface area contributed by atoms with Gasteiger partial charge in [0.15, 0.2) is 0 Å². The molecule has 1 aliphatic heterocycles. The van der Waals surface area contributed by atoms with E-state index in [9.17, 15) is 19.1 Å². The molecular formula is C26H33ClFN3O6. The van der Waals surface area contributed by atoms with Gasteiger partial charge in [-0.05, 0) is 48.7 Å². The van der Waals surface area contributed by atoms with Gasteiger partial charge in [0.25, 0.3) is 0 Å². The number of carbonyl (C=O) groups excluding carboxylic acids is 1. The van der Waals surface area contributed by atoms with Crippen molar-refractivity contribution in [3.63, 3.8) is 0 Å². The van der Waals surface area contributed by atoms with Crippen molar-refractivity contribution >= 4 is 40.7 Å². The van der Waals surface area contributed by atoms with Crippen LogP contribution in [0.25, 0.3) is 0 Å². The minimum absolute atomic E-state index is 0.0246. The van der Waals surface area contributed by atoms with Gasteiger partial charge in [-0.15, -0.1) is 0 Å². The van der Waals surface area contributed by atoms with Crippen molar-refractivity contribution in [2.75, 3.05) is 62.7 Å². The zero-order chi connectivity index (χ0) is 26.8. The Balaban J connectivity index is 1.97. The number of anilines is 3. The SMILES string of the molecule is COCCN(c1ccc(C(COC)CC(=O)O)cc1NC(=O)Nc1ccc(Cl)cc1F)C1CCOCC1. The van der Waals surface area contributed by atoms with Crippen LogP contribution in [0.5, 0.6) is 0 Å². The molecule has 0 spiro atoms. The Kier molecular flexibility index (Phi) is 10.9. The normalized spacial score (nSPS) is 14.7. The van der Waals surface area contributed by atoms with Crippen molar-refractivity contribution in [3.8, 4) is 0 Å². The number of carbonyl (C=O) groups is 2. The number of methoxy groups -OCH3 is 2. The van der Waals surface area contributed by atoms with Gasteiger partial charge in [0, 0.05) is 51.0 Å². The molecule has 0 aliphatic carbocycles. The lowest BCUT2D eigenvalue weighted by atomic mass is 9.95. The monoisotopic (exact) mass is 537 g/mol. The summed E-state index contributed by atoms with van der Waals surface area (Å²) in [6, 6.07) is 8.93. The highest BCUT2D eigenvalue weighted by molar-refractivity contribution is 6.30. The van der Waals surface area contributed by atoms with Crippen LogP contribution >= 0.6 is 11.6 Å². The number of aliphatic carboxylic acids is 1. The molecule has 202 valence electrons. The van der Waals surface area contributed by atoms with E-state index in [4.69, 9.17) is 25.8 Å². The van der Waals surface area contributed by atoms with Gasteiger partial charge in [0.05, 0.1) is 36.7 Å². The number of urea groups is 1. The molecule has 1 saturated heterocycles. The van der Waals surface area contributed by atoms with E-state index < -0.39 is 23.7 Å². The fourth-order valence-electron chi connectivity index (χ4n) is 4.40. The molecule has 2 amide bonds. The van der Waals surface area contributed by atoms with Gasteiger partial charge in [-0.1, -0.05) is 17.7 Å². The van der Waals surface area contributed by atoms with Gasteiger partial charge in [-0.3, -0.25) is 4.79 Å². The summed E-state index contributed by atoms with van der Waals surface area (Å²) in [5.41, 5.74) is 1.87. The van der Waals surface area contributed by atoms with Crippen LogP contribution in [0.2, 0.25) is 5.02 Å². The second-order valence-corrected chi connectivity index (χ2v) is 9.20. The molecule has 0 saturated carbocycles. The Morgan fingerprint density at radius 1 is 1.14 bits per heavy atom. The minimum Gasteiger partial charge on any atom is -0.481 e. The molecule has 3 N–H and O–H groups in total. The molecule has 3 rings (SSSR count). The first-order chi connectivity index (χ1) is 17.8. The second kappa shape index (κ2) is 14.1. The van der Waals surface area contributed by atoms with Crippen LogP contribution < -0.4 is 15.5 Å². The van der Waals surface area contributed by atoms with Crippen molar-refractivity contribution in [2.45, 2.75) is 31.2 Å². The van der Waals surface area contributed by atoms with Crippen molar-refractivity contribution in [2.24, 2.45) is 0 Å². The van der Waals surface area contributed by atoms with Gasteiger partial charge < -0.3 is 34.9 Å². The van der Waals surface area contributed by atoms with Crippen LogP contribution in [0.15, 0.2) is 36.4 Å². The lowest BCUT2D eigenvalue weighted by Crippen LogP contribution is -2.42. The van der Waals surface area contributed by atoms with Gasteiger partial charge in [-0.2, -0.15) is 0 Å². The average Bonchev–Trinajstić information content (AvgIpc) is 2.87. The Morgan fingerprint density at radius 2 is 1.86 bits per heavy atom. The van der Waals surface area contributed by atoms with E-state index in [0.29, 0.717) is 37.6 Å². The van der Waals surface area contributed by atoms with Crippen LogP contribution in [0.4, 0.5) is 26.2 Å². The molecule has 37 heavy (non-hydrogen) atoms. The van der Waals surface area contributed by atoms with Crippen LogP contribution in [0.1, 0.15) is 30.7 Å². The van der Waals surface area contributed by atoms with Gasteiger partial charge in [0.2, 0.25) is 0 Å². The summed E-state index contributed by atoms with van der Waals surface area (Å²) >= 11 is 5.82. The summed E-state index contributed by atoms with van der Waals surface area (Å²) in [5.74, 6) is -2.05. The third-order valence-corrected chi connectivity index (χ3v) is 6.42. The minimum atomic E-state index is -0.958. The summed E-state index contributed by atoms with van der Waals surface area (Å²) in [5, 5.41) is 15.0. The van der Waals surface area contributed by atoms with Gasteiger partial charge in [0.1, 0.15) is 5.82 Å². The topological polar surface area (TPSA) is 109 Å². The molecule has 2 aromatic rings. The van der Waals surface area contributed by atoms with Crippen LogP contribution in [0, 0.1) is 5.82 Å². The van der Waals surface area contributed by atoms with Crippen LogP contribution in [0.3, 0.4) is 0 Å². The fourth-order valence-corrected chi connectivity index (χ4v) is 4.55. The van der Waals surface area contributed by atoms with Crippen molar-refractivity contribution < 1.29 is 33.3 Å². The maximum Gasteiger partial charge on any atom is 0.323 e. The summed E-state index contributed by atoms with van der Waals surface area (Å²) in [6.07, 6.45) is 1.47. The fraction of sp³-hybridized carbons (Fsp3) is 0.462. The maximum absolute atomic E-state index is 14.3. The zero-order valence-corrected chi connectivity index (χ0v) is 21.7. The first-order valence-corrected chi connectivity index (χ1v) is 12.4. The average molecular weight is 538 g/mol. The second-order valence-electron chi connectivity index (χ2n) is 8.76. The lowest BCUT2D eigenvalue weighted by Gasteiger charge is -2.37. The van der Waals surface area contributed by atoms with E-state index in [0.717, 1.165) is 24.6 Å². The number of nitrogens with zero attached hydrogens (tertiary/aromatic N) is 1. The molecule has 0 bridgehead atoms. The number of nitrogens with one attached hydrogen (secondary N) is 2. The van der Waals surface area contributed by atoms with E-state index in [1.54, 1.807) is 13.2 Å². The molecule has 0 radical (unpaired) electrons. The number of hydrogen-bond acceptors (Lipinski definition) is 6. The Labute approximate surface area is 220 Å². The van der Waals surface area contributed by atoms with Crippen LogP contribution in [-0.2, 0) is 19.0 Å². The Hall–Kier alpha value is -2.92. The predicted molar refractivity (Wildman–Crippen MR) is 140 cm³/mol. The quantitative estimate of drug-likeness (QED) is 0.351. The van der Waals surface area contributed by atoms with Crippen molar-refractivity contribution in [1.29, 1.82) is 0 Å². The Bertz CT molecular complexity index is 1070. The Morgan fingerprint density at radius 3 is 2.51 bits per heavy atom. The van der Waals surface area contributed by atoms with E-state index in [1.807, 2.05) is 12.1 Å². The third-order valence-electron chi connectivity index (χ3n) is 6.19. The maximum atomic E-state index is 14.3. The van der Waals surface area contributed by atoms with Crippen molar-refractivity contribution in [1.82, 2.24) is 0 Å². The summed E-state index contributed by atoms with van der Waals surface area (Å²) in [6.45, 7) is 2.48. The molecule has 11 heteroatoms. The van der Waals surface area contributed by atoms with E-state index in [-0.39, 0.29) is 29.8 Å². The first-order valence-electron chi connectivity index (χ1n) is 12.0. The molecule has 1 fully saturated rings. The molecule has 1 atom stereocenters. The van der Waals surface area contributed by atoms with Gasteiger partial charge in [-0.25, -0.2) is 9.18 Å². The van der Waals surface area contributed by atoms with E-state index in [1.165, 1.54) is 19.2 Å². The first kappa shape index (κ1) is 28.6. The summed E-state index contributed by atoms with van der Waals surface area (Å²) in [4.78, 5) is 26.6. The number of ether oxygens (including phenoxy) is 3. The molecule has 0 aromatic heterocycles. The predicted octanol–water partition coefficient (Wildman–Crippen LogP) is 4.96. The highest BCUT2D eigenvalue weighted by Crippen LogP contribution is 2.34. The standard InChI is InChI=1S/C26H33ClFN3O6/c1-35-12-9-31(20-7-10-37-11-8-20)24-6-3-17(18(16-36-2)14-25(32)33)13-23(24)30-26(34)29-22-5-4-19(27)15-21(22)28/h3-6,13,15,18,20H,7-12,14,16H2,1-2H3,(H,32,33)(H2,29,30,34). The van der Waals surface area contributed by atoms with Crippen molar-refractivity contribution in [3.05, 3.63) is 52.8 Å². The molecular weight excluding hydrogens is 505 g/mol. The number of hydrogen-bond donors (Lipinski definition) is 3. The lowest BCUT2D eigenvalue weighted by molar-refractivity contribution is -0.137. The zero-order valence-electron chi connectivity index (χ0n) is 21.0. The third kappa shape index (κ3) is 8.29. The highest BCUT2D eigenvalue weighted by Gasteiger charge is 2.26. The van der Waals surface area contributed by atoms with Crippen LogP contribution in [-0.4, -0.2) is 70.3 Å². The molecule has 1 aliphatic rings. The number of carboxylic acids is 1. The molecule has 1 unspecified atom stereocenters. The van der Waals surface area contributed by atoms with E-state index in [2.05, 4.69) is 15.5 Å². The number of amides is 2. The number of halogens is 2. The highest BCUT2D eigenvalue weighted by atomic mass is 35.5. The molecule has 9 nitrogen and oxygen atoms in total.